The Balaban J connectivity index is 1.69. The fourth-order valence-electron chi connectivity index (χ4n) is 3.19. The van der Waals surface area contributed by atoms with E-state index in [0.717, 1.165) is 25.7 Å². The van der Waals surface area contributed by atoms with Crippen molar-refractivity contribution >= 4 is 0 Å². The maximum Gasteiger partial charge on any atom is 0.0623 e. The third kappa shape index (κ3) is 1.47. The highest BCUT2D eigenvalue weighted by atomic mass is 16.5. The van der Waals surface area contributed by atoms with E-state index in [1.54, 1.807) is 0 Å². The molecule has 0 aromatic rings. The van der Waals surface area contributed by atoms with Crippen LogP contribution in [-0.4, -0.2) is 38.9 Å². The second-order valence-electron chi connectivity index (χ2n) is 5.06. The fourth-order valence-corrected chi connectivity index (χ4v) is 3.19. The zero-order chi connectivity index (χ0) is 9.43. The van der Waals surface area contributed by atoms with E-state index in [1.165, 1.54) is 32.4 Å². The largest absolute Gasteiger partial charge is 0.379 e. The number of hydrogen-bond donors (Lipinski definition) is 2. The van der Waals surface area contributed by atoms with Gasteiger partial charge in [0, 0.05) is 19.1 Å². The van der Waals surface area contributed by atoms with Gasteiger partial charge in [-0.25, -0.2) is 0 Å². The highest BCUT2D eigenvalue weighted by Gasteiger charge is 2.52. The van der Waals surface area contributed by atoms with Crippen LogP contribution in [0.15, 0.2) is 0 Å². The molecule has 2 unspecified atom stereocenters. The normalized spacial score (nSPS) is 41.1. The molecule has 2 N–H and O–H groups in total. The Kier molecular flexibility index (Phi) is 2.26. The minimum absolute atomic E-state index is 0.610. The van der Waals surface area contributed by atoms with Gasteiger partial charge in [-0.2, -0.15) is 0 Å². The van der Waals surface area contributed by atoms with Crippen molar-refractivity contribution in [2.45, 2.75) is 25.3 Å². The molecule has 3 nitrogen and oxygen atoms in total. The average Bonchev–Trinajstić information content (AvgIpc) is 3.01. The lowest BCUT2D eigenvalue weighted by Crippen LogP contribution is -2.54. The van der Waals surface area contributed by atoms with E-state index in [2.05, 4.69) is 10.6 Å². The molecule has 0 aromatic carbocycles. The molecule has 80 valence electrons. The van der Waals surface area contributed by atoms with Crippen LogP contribution in [0.4, 0.5) is 0 Å². The number of morpholine rings is 1. The summed E-state index contributed by atoms with van der Waals surface area (Å²) in [5.74, 6) is 0.816. The molecule has 2 heterocycles. The van der Waals surface area contributed by atoms with Crippen LogP contribution in [0.3, 0.4) is 0 Å². The van der Waals surface area contributed by atoms with Gasteiger partial charge in [-0.1, -0.05) is 0 Å². The van der Waals surface area contributed by atoms with Crippen molar-refractivity contribution in [2.75, 3.05) is 32.8 Å². The molecule has 0 amide bonds. The molecule has 3 aliphatic rings. The van der Waals surface area contributed by atoms with Gasteiger partial charge in [0.25, 0.3) is 0 Å². The van der Waals surface area contributed by atoms with Gasteiger partial charge in [0.15, 0.2) is 0 Å². The minimum atomic E-state index is 0.610. The van der Waals surface area contributed by atoms with Crippen molar-refractivity contribution in [1.82, 2.24) is 10.6 Å². The number of hydrogen-bond acceptors (Lipinski definition) is 3. The van der Waals surface area contributed by atoms with Crippen molar-refractivity contribution in [3.05, 3.63) is 0 Å². The first-order chi connectivity index (χ1) is 6.91. The average molecular weight is 196 g/mol. The number of rotatable bonds is 1. The molecule has 0 bridgehead atoms. The van der Waals surface area contributed by atoms with Crippen molar-refractivity contribution < 1.29 is 4.74 Å². The Morgan fingerprint density at radius 1 is 1.14 bits per heavy atom. The molecule has 1 saturated carbocycles. The highest BCUT2D eigenvalue weighted by molar-refractivity contribution is 5.05. The quantitative estimate of drug-likeness (QED) is 0.635. The van der Waals surface area contributed by atoms with Gasteiger partial charge >= 0.3 is 0 Å². The molecule has 0 aromatic heterocycles. The van der Waals surface area contributed by atoms with Crippen LogP contribution in [0.1, 0.15) is 19.3 Å². The van der Waals surface area contributed by atoms with Crippen LogP contribution < -0.4 is 10.6 Å². The van der Waals surface area contributed by atoms with E-state index in [-0.39, 0.29) is 0 Å². The van der Waals surface area contributed by atoms with Gasteiger partial charge in [0.1, 0.15) is 0 Å². The molecule has 2 saturated heterocycles. The fraction of sp³-hybridized carbons (Fsp3) is 1.00. The van der Waals surface area contributed by atoms with Crippen LogP contribution >= 0.6 is 0 Å². The number of nitrogens with one attached hydrogen (secondary N) is 2. The molecule has 3 fully saturated rings. The Hall–Kier alpha value is -0.120. The standard InChI is InChI=1S/C11H20N2O/c1-2-11(1)3-4-12-7-9(11)10-8-14-6-5-13-10/h9-10,12-13H,1-8H2. The molecule has 14 heavy (non-hydrogen) atoms. The topological polar surface area (TPSA) is 33.3 Å². The summed E-state index contributed by atoms with van der Waals surface area (Å²) in [4.78, 5) is 0. The van der Waals surface area contributed by atoms with Gasteiger partial charge in [-0.3, -0.25) is 0 Å². The predicted molar refractivity (Wildman–Crippen MR) is 55.3 cm³/mol. The number of ether oxygens (including phenoxy) is 1. The maximum absolute atomic E-state index is 5.57. The van der Waals surface area contributed by atoms with Crippen LogP contribution in [0, 0.1) is 11.3 Å². The summed E-state index contributed by atoms with van der Waals surface area (Å²) in [7, 11) is 0. The summed E-state index contributed by atoms with van der Waals surface area (Å²) in [6.45, 7) is 5.28. The van der Waals surface area contributed by atoms with E-state index in [0.29, 0.717) is 11.5 Å². The summed E-state index contributed by atoms with van der Waals surface area (Å²) in [5.41, 5.74) is 0.698. The predicted octanol–water partition coefficient (Wildman–Crippen LogP) is 0.365. The molecule has 2 aliphatic heterocycles. The van der Waals surface area contributed by atoms with Crippen molar-refractivity contribution in [3.8, 4) is 0 Å². The summed E-state index contributed by atoms with van der Waals surface area (Å²) in [6, 6.07) is 0.610. The first-order valence-corrected chi connectivity index (χ1v) is 5.93. The molecule has 1 aliphatic carbocycles. The van der Waals surface area contributed by atoms with E-state index in [9.17, 15) is 0 Å². The lowest BCUT2D eigenvalue weighted by Gasteiger charge is -2.40. The summed E-state index contributed by atoms with van der Waals surface area (Å²) in [6.07, 6.45) is 4.30. The molecule has 1 spiro atoms. The van der Waals surface area contributed by atoms with Crippen molar-refractivity contribution in [1.29, 1.82) is 0 Å². The van der Waals surface area contributed by atoms with E-state index >= 15 is 0 Å². The Labute approximate surface area is 85.6 Å². The minimum Gasteiger partial charge on any atom is -0.379 e. The van der Waals surface area contributed by atoms with E-state index in [1.807, 2.05) is 0 Å². The molecule has 0 radical (unpaired) electrons. The molecule has 3 rings (SSSR count). The number of piperidine rings is 1. The summed E-state index contributed by atoms with van der Waals surface area (Å²) < 4.78 is 5.57. The third-order valence-electron chi connectivity index (χ3n) is 4.28. The van der Waals surface area contributed by atoms with Crippen LogP contribution in [0.2, 0.25) is 0 Å². The lowest BCUT2D eigenvalue weighted by molar-refractivity contribution is 0.0320. The van der Waals surface area contributed by atoms with E-state index < -0.39 is 0 Å². The van der Waals surface area contributed by atoms with Crippen molar-refractivity contribution in [3.63, 3.8) is 0 Å². The maximum atomic E-state index is 5.57. The van der Waals surface area contributed by atoms with Gasteiger partial charge in [-0.05, 0) is 37.1 Å². The monoisotopic (exact) mass is 196 g/mol. The second kappa shape index (κ2) is 3.47. The van der Waals surface area contributed by atoms with Crippen LogP contribution in [0.25, 0.3) is 0 Å². The molecule has 3 heteroatoms. The van der Waals surface area contributed by atoms with Crippen molar-refractivity contribution in [2.24, 2.45) is 11.3 Å². The van der Waals surface area contributed by atoms with E-state index in [4.69, 9.17) is 4.74 Å². The molecular weight excluding hydrogens is 176 g/mol. The van der Waals surface area contributed by atoms with Gasteiger partial charge in [-0.15, -0.1) is 0 Å². The zero-order valence-electron chi connectivity index (χ0n) is 8.72. The van der Waals surface area contributed by atoms with Gasteiger partial charge in [0.2, 0.25) is 0 Å². The smallest absolute Gasteiger partial charge is 0.0623 e. The third-order valence-corrected chi connectivity index (χ3v) is 4.28. The van der Waals surface area contributed by atoms with Gasteiger partial charge < -0.3 is 15.4 Å². The Morgan fingerprint density at radius 2 is 2.07 bits per heavy atom. The van der Waals surface area contributed by atoms with Gasteiger partial charge in [0.05, 0.1) is 13.2 Å². The summed E-state index contributed by atoms with van der Waals surface area (Å²) in [5, 5.41) is 7.15. The Morgan fingerprint density at radius 3 is 2.79 bits per heavy atom. The summed E-state index contributed by atoms with van der Waals surface area (Å²) >= 11 is 0. The first-order valence-electron chi connectivity index (χ1n) is 5.93. The molecular formula is C11H20N2O. The highest BCUT2D eigenvalue weighted by Crippen LogP contribution is 2.56. The second-order valence-corrected chi connectivity index (χ2v) is 5.06. The van der Waals surface area contributed by atoms with Crippen LogP contribution in [0.5, 0.6) is 0 Å². The SMILES string of the molecule is C1CC2(CC2)C(C2COCCN2)CN1. The first kappa shape index (κ1) is 9.13. The molecule has 2 atom stereocenters. The zero-order valence-corrected chi connectivity index (χ0v) is 8.72. The Bertz CT molecular complexity index is 209. The lowest BCUT2D eigenvalue weighted by atomic mass is 9.78. The van der Waals surface area contributed by atoms with Crippen LogP contribution in [-0.2, 0) is 4.74 Å².